The number of amides is 1. The topological polar surface area (TPSA) is 90.4 Å². The summed E-state index contributed by atoms with van der Waals surface area (Å²) in [5.41, 5.74) is 4.99. The number of pyridine rings is 2. The maximum Gasteiger partial charge on any atom is 0.414 e. The van der Waals surface area contributed by atoms with E-state index >= 15 is 0 Å². The van der Waals surface area contributed by atoms with Crippen LogP contribution in [0.5, 0.6) is 0 Å². The van der Waals surface area contributed by atoms with Gasteiger partial charge >= 0.3 is 6.09 Å². The van der Waals surface area contributed by atoms with Crippen LogP contribution in [-0.2, 0) is 4.74 Å². The van der Waals surface area contributed by atoms with Gasteiger partial charge in [0.25, 0.3) is 5.56 Å². The number of benzene rings is 1. The van der Waals surface area contributed by atoms with Crippen LogP contribution in [-0.4, -0.2) is 28.3 Å². The third-order valence-electron chi connectivity index (χ3n) is 4.05. The number of anilines is 2. The molecule has 3 aromatic rings. The number of carbonyl (C=O) groups is 1. The number of ether oxygens (including phenoxy) is 1. The van der Waals surface area contributed by atoms with Crippen LogP contribution >= 0.6 is 0 Å². The summed E-state index contributed by atoms with van der Waals surface area (Å²) in [5.74, 6) is -0.371. The minimum Gasteiger partial charge on any atom is -0.443 e. The van der Waals surface area contributed by atoms with E-state index in [1.165, 1.54) is 23.9 Å². The molecule has 0 aliphatic carbocycles. The van der Waals surface area contributed by atoms with Crippen LogP contribution < -0.4 is 16.2 Å². The van der Waals surface area contributed by atoms with Crippen LogP contribution in [0.25, 0.3) is 16.5 Å². The number of fused-ring (bicyclic) bond motifs is 1. The van der Waals surface area contributed by atoms with Crippen LogP contribution in [0.15, 0.2) is 47.5 Å². The lowest BCUT2D eigenvalue weighted by Crippen LogP contribution is -2.34. The molecule has 0 aliphatic heterocycles. The molecular weight excluding hydrogens is 363 g/mol. The van der Waals surface area contributed by atoms with Crippen molar-refractivity contribution >= 4 is 28.4 Å². The number of carbonyl (C=O) groups excluding carboxylic acids is 1. The summed E-state index contributed by atoms with van der Waals surface area (Å²) < 4.78 is 21.3. The van der Waals surface area contributed by atoms with E-state index in [1.54, 1.807) is 45.2 Å². The first-order valence-electron chi connectivity index (χ1n) is 8.60. The SMILES string of the molecule is CN(C(=O)OC(C)(C)C)c1cc2ccn(-c3ccc(N)nc3)c(=O)c2cc1F. The standard InChI is InChI=1S/C20H21FN4O3/c1-20(2,3)28-19(27)24(4)16-9-12-7-8-25(13-5-6-17(22)23-11-13)18(26)14(12)10-15(16)21/h5-11H,1-4H3,(H2,22,23). The Kier molecular flexibility index (Phi) is 4.80. The molecule has 7 nitrogen and oxygen atoms in total. The highest BCUT2D eigenvalue weighted by Crippen LogP contribution is 2.25. The molecule has 3 rings (SSSR count). The number of hydrogen-bond acceptors (Lipinski definition) is 5. The second-order valence-corrected chi connectivity index (χ2v) is 7.36. The third kappa shape index (κ3) is 3.80. The fourth-order valence-corrected chi connectivity index (χ4v) is 2.68. The van der Waals surface area contributed by atoms with Crippen LogP contribution in [0, 0.1) is 5.82 Å². The molecule has 2 aromatic heterocycles. The molecule has 0 bridgehead atoms. The van der Waals surface area contributed by atoms with Gasteiger partial charge in [0.1, 0.15) is 17.2 Å². The fourth-order valence-electron chi connectivity index (χ4n) is 2.68. The fraction of sp³-hybridized carbons (Fsp3) is 0.250. The zero-order valence-electron chi connectivity index (χ0n) is 16.1. The monoisotopic (exact) mass is 384 g/mol. The number of nitrogen functional groups attached to an aromatic ring is 1. The Morgan fingerprint density at radius 2 is 1.96 bits per heavy atom. The van der Waals surface area contributed by atoms with Crippen molar-refractivity contribution in [1.82, 2.24) is 9.55 Å². The average Bonchev–Trinajstić information content (AvgIpc) is 2.61. The summed E-state index contributed by atoms with van der Waals surface area (Å²) in [5, 5.41) is 0.676. The van der Waals surface area contributed by atoms with Gasteiger partial charge in [-0.2, -0.15) is 0 Å². The number of rotatable bonds is 2. The van der Waals surface area contributed by atoms with Crippen molar-refractivity contribution in [2.24, 2.45) is 0 Å². The lowest BCUT2D eigenvalue weighted by Gasteiger charge is -2.25. The van der Waals surface area contributed by atoms with E-state index < -0.39 is 23.1 Å². The summed E-state index contributed by atoms with van der Waals surface area (Å²) >= 11 is 0. The van der Waals surface area contributed by atoms with Gasteiger partial charge in [-0.05, 0) is 56.5 Å². The minimum atomic E-state index is -0.709. The van der Waals surface area contributed by atoms with Crippen molar-refractivity contribution in [2.45, 2.75) is 26.4 Å². The van der Waals surface area contributed by atoms with E-state index in [0.29, 0.717) is 16.9 Å². The van der Waals surface area contributed by atoms with Crippen LogP contribution in [0.1, 0.15) is 20.8 Å². The van der Waals surface area contributed by atoms with Gasteiger partial charge in [-0.1, -0.05) is 0 Å². The van der Waals surface area contributed by atoms with E-state index in [0.717, 1.165) is 11.0 Å². The average molecular weight is 384 g/mol. The first-order chi connectivity index (χ1) is 13.1. The van der Waals surface area contributed by atoms with Crippen LogP contribution in [0.2, 0.25) is 0 Å². The lowest BCUT2D eigenvalue weighted by molar-refractivity contribution is 0.0588. The molecule has 8 heteroatoms. The van der Waals surface area contributed by atoms with Gasteiger partial charge in [-0.25, -0.2) is 14.2 Å². The number of aromatic nitrogens is 2. The zero-order valence-corrected chi connectivity index (χ0v) is 16.1. The largest absolute Gasteiger partial charge is 0.443 e. The Bertz CT molecular complexity index is 1100. The van der Waals surface area contributed by atoms with Gasteiger partial charge in [0, 0.05) is 13.2 Å². The lowest BCUT2D eigenvalue weighted by atomic mass is 10.1. The van der Waals surface area contributed by atoms with Crippen LogP contribution in [0.4, 0.5) is 20.7 Å². The molecule has 28 heavy (non-hydrogen) atoms. The van der Waals surface area contributed by atoms with Gasteiger partial charge in [0.05, 0.1) is 23.0 Å². The molecule has 0 radical (unpaired) electrons. The van der Waals surface area contributed by atoms with E-state index in [4.69, 9.17) is 10.5 Å². The van der Waals surface area contributed by atoms with Gasteiger partial charge in [0.15, 0.2) is 0 Å². The zero-order chi connectivity index (χ0) is 20.6. The summed E-state index contributed by atoms with van der Waals surface area (Å²) in [6.07, 6.45) is 2.34. The number of hydrogen-bond donors (Lipinski definition) is 1. The molecule has 1 aromatic carbocycles. The van der Waals surface area contributed by atoms with Gasteiger partial charge in [-0.3, -0.25) is 14.3 Å². The molecule has 0 atom stereocenters. The van der Waals surface area contributed by atoms with Gasteiger partial charge in [-0.15, -0.1) is 0 Å². The number of halogens is 1. The summed E-state index contributed by atoms with van der Waals surface area (Å²) in [6, 6.07) is 7.46. The normalized spacial score (nSPS) is 11.5. The predicted molar refractivity (Wildman–Crippen MR) is 106 cm³/mol. The Morgan fingerprint density at radius 3 is 2.57 bits per heavy atom. The van der Waals surface area contributed by atoms with E-state index in [9.17, 15) is 14.0 Å². The van der Waals surface area contributed by atoms with Crippen LogP contribution in [0.3, 0.4) is 0 Å². The Morgan fingerprint density at radius 1 is 1.25 bits per heavy atom. The van der Waals surface area contributed by atoms with Crippen molar-refractivity contribution in [3.63, 3.8) is 0 Å². The molecule has 0 aliphatic rings. The first-order valence-corrected chi connectivity index (χ1v) is 8.60. The highest BCUT2D eigenvalue weighted by molar-refractivity contribution is 5.92. The molecule has 2 heterocycles. The van der Waals surface area contributed by atoms with E-state index in [1.807, 2.05) is 0 Å². The van der Waals surface area contributed by atoms with Gasteiger partial charge in [0.2, 0.25) is 0 Å². The molecule has 1 amide bonds. The molecular formula is C20H21FN4O3. The summed E-state index contributed by atoms with van der Waals surface area (Å²) in [7, 11) is 1.42. The van der Waals surface area contributed by atoms with Crippen molar-refractivity contribution in [3.05, 3.63) is 58.9 Å². The number of nitrogens with two attached hydrogens (primary N) is 1. The predicted octanol–water partition coefficient (Wildman–Crippen LogP) is 3.48. The molecule has 0 unspecified atom stereocenters. The minimum absolute atomic E-state index is 0.0213. The highest BCUT2D eigenvalue weighted by Gasteiger charge is 2.23. The maximum absolute atomic E-state index is 14.7. The van der Waals surface area contributed by atoms with E-state index in [2.05, 4.69) is 4.98 Å². The summed E-state index contributed by atoms with van der Waals surface area (Å²) in [4.78, 5) is 30.1. The number of nitrogens with zero attached hydrogens (tertiary/aromatic N) is 3. The Hall–Kier alpha value is -3.42. The Balaban J connectivity index is 2.05. The maximum atomic E-state index is 14.7. The van der Waals surface area contributed by atoms with Crippen molar-refractivity contribution in [1.29, 1.82) is 0 Å². The van der Waals surface area contributed by atoms with E-state index in [-0.39, 0.29) is 11.1 Å². The van der Waals surface area contributed by atoms with Gasteiger partial charge < -0.3 is 10.5 Å². The van der Waals surface area contributed by atoms with Crippen molar-refractivity contribution in [3.8, 4) is 5.69 Å². The second kappa shape index (κ2) is 6.95. The molecule has 0 saturated heterocycles. The second-order valence-electron chi connectivity index (χ2n) is 7.36. The van der Waals surface area contributed by atoms with Crippen molar-refractivity contribution < 1.29 is 13.9 Å². The molecule has 2 N–H and O–H groups in total. The quantitative estimate of drug-likeness (QED) is 0.730. The molecule has 0 saturated carbocycles. The third-order valence-corrected chi connectivity index (χ3v) is 4.05. The molecule has 0 spiro atoms. The molecule has 146 valence electrons. The Labute approximate surface area is 161 Å². The summed E-state index contributed by atoms with van der Waals surface area (Å²) in [6.45, 7) is 5.18. The van der Waals surface area contributed by atoms with Crippen molar-refractivity contribution in [2.75, 3.05) is 17.7 Å². The molecule has 0 fully saturated rings. The first kappa shape index (κ1) is 19.3. The highest BCUT2D eigenvalue weighted by atomic mass is 19.1. The smallest absolute Gasteiger partial charge is 0.414 e.